The van der Waals surface area contributed by atoms with E-state index in [0.29, 0.717) is 17.1 Å². The molecule has 3 aromatic rings. The van der Waals surface area contributed by atoms with Gasteiger partial charge in [-0.1, -0.05) is 0 Å². The van der Waals surface area contributed by atoms with Crippen molar-refractivity contribution in [3.05, 3.63) is 65.5 Å². The Hall–Kier alpha value is -2.89. The Kier molecular flexibility index (Phi) is 3.50. The van der Waals surface area contributed by atoms with Crippen molar-refractivity contribution >= 4 is 11.5 Å². The number of hydrogen-bond donors (Lipinski definition) is 1. The molecule has 0 bridgehead atoms. The molecule has 0 aliphatic carbocycles. The van der Waals surface area contributed by atoms with Crippen molar-refractivity contribution in [3.63, 3.8) is 0 Å². The largest absolute Gasteiger partial charge is 0.486 e. The number of carbonyl (C=O) groups is 1. The van der Waals surface area contributed by atoms with E-state index < -0.39 is 5.97 Å². The summed E-state index contributed by atoms with van der Waals surface area (Å²) in [6.07, 6.45) is 1.76. The van der Waals surface area contributed by atoms with E-state index in [0.717, 1.165) is 5.56 Å². The van der Waals surface area contributed by atoms with E-state index in [2.05, 4.69) is 4.98 Å². The number of aryl methyl sites for hydroxylation is 1. The van der Waals surface area contributed by atoms with Gasteiger partial charge in [0, 0.05) is 6.20 Å². The Morgan fingerprint density at radius 2 is 2.05 bits per heavy atom. The highest BCUT2D eigenvalue weighted by molar-refractivity contribution is 5.93. The van der Waals surface area contributed by atoms with Gasteiger partial charge >= 0.3 is 5.97 Å². The van der Waals surface area contributed by atoms with Gasteiger partial charge in [-0.05, 0) is 48.9 Å². The number of pyridine rings is 1. The predicted molar refractivity (Wildman–Crippen MR) is 77.6 cm³/mol. The number of nitrogens with zero attached hydrogens (tertiary/aromatic N) is 2. The number of aromatic carboxylic acids is 1. The highest BCUT2D eigenvalue weighted by atomic mass is 19.1. The van der Waals surface area contributed by atoms with Gasteiger partial charge in [0.1, 0.15) is 18.2 Å². The van der Waals surface area contributed by atoms with Crippen LogP contribution in [0.4, 0.5) is 4.39 Å². The van der Waals surface area contributed by atoms with Gasteiger partial charge in [-0.2, -0.15) is 0 Å². The zero-order valence-electron chi connectivity index (χ0n) is 11.8. The third-order valence-electron chi connectivity index (χ3n) is 3.26. The van der Waals surface area contributed by atoms with Crippen LogP contribution < -0.4 is 4.74 Å². The maximum absolute atomic E-state index is 12.9. The molecule has 2 heterocycles. The van der Waals surface area contributed by atoms with E-state index >= 15 is 0 Å². The SMILES string of the molecule is Cc1ccn2c(COc3ccc(F)cc3)nc(C(=O)O)c2c1. The summed E-state index contributed by atoms with van der Waals surface area (Å²) in [7, 11) is 0. The molecule has 0 amide bonds. The zero-order chi connectivity index (χ0) is 15.7. The normalized spacial score (nSPS) is 10.8. The minimum Gasteiger partial charge on any atom is -0.486 e. The molecular formula is C16H13FN2O3. The molecule has 0 unspecified atom stereocenters. The van der Waals surface area contributed by atoms with Crippen molar-refractivity contribution in [2.45, 2.75) is 13.5 Å². The van der Waals surface area contributed by atoms with Gasteiger partial charge in [-0.25, -0.2) is 14.2 Å². The second-order valence-electron chi connectivity index (χ2n) is 4.88. The fourth-order valence-electron chi connectivity index (χ4n) is 2.19. The number of ether oxygens (including phenoxy) is 1. The number of carboxylic acids is 1. The maximum Gasteiger partial charge on any atom is 0.356 e. The Balaban J connectivity index is 1.93. The first kappa shape index (κ1) is 14.1. The summed E-state index contributed by atoms with van der Waals surface area (Å²) in [5.74, 6) is -0.475. The van der Waals surface area contributed by atoms with E-state index in [1.54, 1.807) is 16.7 Å². The molecule has 0 radical (unpaired) electrons. The first-order valence-electron chi connectivity index (χ1n) is 6.64. The van der Waals surface area contributed by atoms with Gasteiger partial charge in [-0.3, -0.25) is 4.40 Å². The lowest BCUT2D eigenvalue weighted by atomic mass is 10.2. The molecule has 0 spiro atoms. The summed E-state index contributed by atoms with van der Waals surface area (Å²) < 4.78 is 20.1. The Morgan fingerprint density at radius 3 is 2.73 bits per heavy atom. The average molecular weight is 300 g/mol. The predicted octanol–water partition coefficient (Wildman–Crippen LogP) is 3.06. The number of fused-ring (bicyclic) bond motifs is 1. The Morgan fingerprint density at radius 1 is 1.32 bits per heavy atom. The van der Waals surface area contributed by atoms with E-state index in [4.69, 9.17) is 4.74 Å². The van der Waals surface area contributed by atoms with E-state index in [9.17, 15) is 14.3 Å². The molecular weight excluding hydrogens is 287 g/mol. The summed E-state index contributed by atoms with van der Waals surface area (Å²) in [4.78, 5) is 15.4. The highest BCUT2D eigenvalue weighted by Crippen LogP contribution is 2.18. The molecule has 22 heavy (non-hydrogen) atoms. The third-order valence-corrected chi connectivity index (χ3v) is 3.26. The summed E-state index contributed by atoms with van der Waals surface area (Å²) >= 11 is 0. The molecule has 0 saturated carbocycles. The Bertz CT molecular complexity index is 840. The van der Waals surface area contributed by atoms with Crippen LogP contribution in [-0.4, -0.2) is 20.5 Å². The first-order valence-corrected chi connectivity index (χ1v) is 6.64. The molecule has 3 rings (SSSR count). The fourth-order valence-corrected chi connectivity index (χ4v) is 2.19. The summed E-state index contributed by atoms with van der Waals surface area (Å²) in [5.41, 5.74) is 1.45. The third kappa shape index (κ3) is 2.63. The van der Waals surface area contributed by atoms with Gasteiger partial charge in [0.05, 0.1) is 5.52 Å². The van der Waals surface area contributed by atoms with Crippen LogP contribution in [0.5, 0.6) is 5.75 Å². The molecule has 0 aliphatic heterocycles. The number of halogens is 1. The Labute approximate surface area is 125 Å². The number of benzene rings is 1. The van der Waals surface area contributed by atoms with Crippen LogP contribution in [0.2, 0.25) is 0 Å². The van der Waals surface area contributed by atoms with Crippen LogP contribution in [0.3, 0.4) is 0 Å². The van der Waals surface area contributed by atoms with Gasteiger partial charge in [0.25, 0.3) is 0 Å². The topological polar surface area (TPSA) is 63.8 Å². The number of imidazole rings is 1. The standard InChI is InChI=1S/C16H13FN2O3/c1-10-6-7-19-13(8-10)15(16(20)21)18-14(19)9-22-12-4-2-11(17)3-5-12/h2-8H,9H2,1H3,(H,20,21). The van der Waals surface area contributed by atoms with Gasteiger partial charge < -0.3 is 9.84 Å². The van der Waals surface area contributed by atoms with Crippen molar-refractivity contribution in [2.75, 3.05) is 0 Å². The van der Waals surface area contributed by atoms with E-state index in [1.165, 1.54) is 24.3 Å². The van der Waals surface area contributed by atoms with Crippen LogP contribution in [0, 0.1) is 12.7 Å². The van der Waals surface area contributed by atoms with Crippen LogP contribution in [0.15, 0.2) is 42.6 Å². The molecule has 2 aromatic heterocycles. The minimum atomic E-state index is -1.09. The lowest BCUT2D eigenvalue weighted by Crippen LogP contribution is -2.01. The summed E-state index contributed by atoms with van der Waals surface area (Å²) in [6, 6.07) is 9.23. The van der Waals surface area contributed by atoms with Crippen LogP contribution in [0.25, 0.3) is 5.52 Å². The van der Waals surface area contributed by atoms with Crippen molar-refractivity contribution in [1.82, 2.24) is 9.38 Å². The molecule has 1 aromatic carbocycles. The quantitative estimate of drug-likeness (QED) is 0.804. The first-order chi connectivity index (χ1) is 10.5. The van der Waals surface area contributed by atoms with Crippen LogP contribution in [0.1, 0.15) is 21.9 Å². The zero-order valence-corrected chi connectivity index (χ0v) is 11.8. The molecule has 0 atom stereocenters. The van der Waals surface area contributed by atoms with Gasteiger partial charge in [-0.15, -0.1) is 0 Å². The highest BCUT2D eigenvalue weighted by Gasteiger charge is 2.17. The fraction of sp³-hybridized carbons (Fsp3) is 0.125. The number of hydrogen-bond acceptors (Lipinski definition) is 3. The number of carboxylic acid groups (broad SMARTS) is 1. The van der Waals surface area contributed by atoms with Gasteiger partial charge in [0.15, 0.2) is 11.5 Å². The molecule has 1 N–H and O–H groups in total. The molecule has 0 fully saturated rings. The van der Waals surface area contributed by atoms with Crippen LogP contribution in [-0.2, 0) is 6.61 Å². The summed E-state index contributed by atoms with van der Waals surface area (Å²) in [5, 5.41) is 9.24. The van der Waals surface area contributed by atoms with Crippen molar-refractivity contribution in [2.24, 2.45) is 0 Å². The lowest BCUT2D eigenvalue weighted by molar-refractivity contribution is 0.0693. The minimum absolute atomic E-state index is 0.0126. The average Bonchev–Trinajstić information content (AvgIpc) is 2.85. The molecule has 0 aliphatic rings. The molecule has 6 heteroatoms. The smallest absolute Gasteiger partial charge is 0.356 e. The van der Waals surface area contributed by atoms with Crippen molar-refractivity contribution in [1.29, 1.82) is 0 Å². The molecule has 5 nitrogen and oxygen atoms in total. The van der Waals surface area contributed by atoms with Crippen LogP contribution >= 0.6 is 0 Å². The lowest BCUT2D eigenvalue weighted by Gasteiger charge is -2.05. The molecule has 112 valence electrons. The summed E-state index contributed by atoms with van der Waals surface area (Å²) in [6.45, 7) is 1.97. The van der Waals surface area contributed by atoms with Crippen molar-refractivity contribution in [3.8, 4) is 5.75 Å². The molecule has 0 saturated heterocycles. The monoisotopic (exact) mass is 300 g/mol. The second kappa shape index (κ2) is 5.48. The van der Waals surface area contributed by atoms with E-state index in [1.807, 2.05) is 13.0 Å². The maximum atomic E-state index is 12.9. The van der Waals surface area contributed by atoms with Crippen molar-refractivity contribution < 1.29 is 19.0 Å². The van der Waals surface area contributed by atoms with E-state index in [-0.39, 0.29) is 18.1 Å². The number of aromatic nitrogens is 2. The number of rotatable bonds is 4. The second-order valence-corrected chi connectivity index (χ2v) is 4.88. The van der Waals surface area contributed by atoms with Gasteiger partial charge in [0.2, 0.25) is 0 Å².